The minimum Gasteiger partial charge on any atom is -0.492 e. The average molecular weight is 364 g/mol. The fourth-order valence-electron chi connectivity index (χ4n) is 2.48. The lowest BCUT2D eigenvalue weighted by Gasteiger charge is -2.25. The number of rotatable bonds is 7. The molecule has 0 aromatic heterocycles. The number of aryl methyl sites for hydroxylation is 1. The number of hydrogen-bond donors (Lipinski definition) is 0. The third-order valence-corrected chi connectivity index (χ3v) is 5.57. The second-order valence-electron chi connectivity index (χ2n) is 5.28. The Bertz CT molecular complexity index is 880. The maximum absolute atomic E-state index is 13.1. The quantitative estimate of drug-likeness (QED) is 0.554. The van der Waals surface area contributed by atoms with Crippen molar-refractivity contribution in [3.05, 3.63) is 58.1 Å². The number of nitrogens with zero attached hydrogens (tertiary/aromatic N) is 2. The van der Waals surface area contributed by atoms with E-state index in [0.717, 1.165) is 6.07 Å². The van der Waals surface area contributed by atoms with E-state index in [9.17, 15) is 18.5 Å². The van der Waals surface area contributed by atoms with Gasteiger partial charge in [0, 0.05) is 18.2 Å². The van der Waals surface area contributed by atoms with E-state index in [1.165, 1.54) is 16.4 Å². The highest BCUT2D eigenvalue weighted by atomic mass is 32.2. The van der Waals surface area contributed by atoms with E-state index < -0.39 is 14.9 Å². The van der Waals surface area contributed by atoms with Crippen LogP contribution in [-0.2, 0) is 10.0 Å². The molecule has 0 unspecified atom stereocenters. The second kappa shape index (κ2) is 7.52. The molecule has 0 atom stereocenters. The van der Waals surface area contributed by atoms with Crippen molar-refractivity contribution < 1.29 is 18.1 Å². The Morgan fingerprint density at radius 1 is 1.16 bits per heavy atom. The summed E-state index contributed by atoms with van der Waals surface area (Å²) in [6, 6.07) is 10.7. The van der Waals surface area contributed by atoms with Crippen LogP contribution in [0.1, 0.15) is 19.4 Å². The largest absolute Gasteiger partial charge is 0.492 e. The third-order valence-electron chi connectivity index (χ3n) is 3.69. The van der Waals surface area contributed by atoms with Crippen LogP contribution >= 0.6 is 0 Å². The van der Waals surface area contributed by atoms with E-state index in [1.807, 2.05) is 6.92 Å². The lowest BCUT2D eigenvalue weighted by Crippen LogP contribution is -2.31. The normalized spacial score (nSPS) is 11.2. The average Bonchev–Trinajstić information content (AvgIpc) is 2.57. The van der Waals surface area contributed by atoms with Crippen LogP contribution in [0.15, 0.2) is 47.4 Å². The molecule has 0 aliphatic carbocycles. The standard InChI is InChI=1S/C17H20N2O5S/c1-4-18(15-8-6-7-9-17(15)24-5-2)25(22,23)14-11-10-13(3)16(12-14)19(20)21/h6-12H,4-5H2,1-3H3. The summed E-state index contributed by atoms with van der Waals surface area (Å²) < 4.78 is 32.8. The lowest BCUT2D eigenvalue weighted by atomic mass is 10.2. The Kier molecular flexibility index (Phi) is 5.63. The zero-order chi connectivity index (χ0) is 18.6. The van der Waals surface area contributed by atoms with Gasteiger partial charge in [0.25, 0.3) is 15.7 Å². The first kappa shape index (κ1) is 18.7. The van der Waals surface area contributed by atoms with Gasteiger partial charge in [0.15, 0.2) is 0 Å². The Hall–Kier alpha value is -2.61. The molecule has 0 saturated heterocycles. The fraction of sp³-hybridized carbons (Fsp3) is 0.294. The summed E-state index contributed by atoms with van der Waals surface area (Å²) in [6.45, 7) is 5.63. The van der Waals surface area contributed by atoms with Gasteiger partial charge in [0.05, 0.1) is 22.1 Å². The van der Waals surface area contributed by atoms with E-state index in [2.05, 4.69) is 0 Å². The topological polar surface area (TPSA) is 89.8 Å². The maximum Gasteiger partial charge on any atom is 0.273 e. The van der Waals surface area contributed by atoms with Gasteiger partial charge in [-0.15, -0.1) is 0 Å². The zero-order valence-electron chi connectivity index (χ0n) is 14.3. The van der Waals surface area contributed by atoms with Crippen molar-refractivity contribution in [1.29, 1.82) is 0 Å². The second-order valence-corrected chi connectivity index (χ2v) is 7.14. The van der Waals surface area contributed by atoms with Crippen molar-refractivity contribution >= 4 is 21.4 Å². The van der Waals surface area contributed by atoms with Gasteiger partial charge in [-0.05, 0) is 39.0 Å². The molecule has 0 saturated carbocycles. The minimum atomic E-state index is -3.97. The number of para-hydroxylation sites is 2. The molecule has 25 heavy (non-hydrogen) atoms. The molecule has 0 aliphatic rings. The van der Waals surface area contributed by atoms with Crippen LogP contribution in [0.2, 0.25) is 0 Å². The molecule has 0 amide bonds. The summed E-state index contributed by atoms with van der Waals surface area (Å²) in [4.78, 5) is 10.4. The summed E-state index contributed by atoms with van der Waals surface area (Å²) in [5.74, 6) is 0.442. The highest BCUT2D eigenvalue weighted by Gasteiger charge is 2.28. The number of nitro groups is 1. The van der Waals surface area contributed by atoms with Crippen LogP contribution in [0.4, 0.5) is 11.4 Å². The predicted octanol–water partition coefficient (Wildman–Crippen LogP) is 3.52. The van der Waals surface area contributed by atoms with E-state index in [1.54, 1.807) is 38.1 Å². The molecular weight excluding hydrogens is 344 g/mol. The van der Waals surface area contributed by atoms with E-state index >= 15 is 0 Å². The Balaban J connectivity index is 2.57. The lowest BCUT2D eigenvalue weighted by molar-refractivity contribution is -0.385. The van der Waals surface area contributed by atoms with Gasteiger partial charge in [-0.2, -0.15) is 0 Å². The van der Waals surface area contributed by atoms with Gasteiger partial charge < -0.3 is 4.74 Å². The first-order valence-corrected chi connectivity index (χ1v) is 9.26. The number of sulfonamides is 1. The molecule has 0 aliphatic heterocycles. The number of benzene rings is 2. The van der Waals surface area contributed by atoms with Crippen LogP contribution in [-0.4, -0.2) is 26.5 Å². The van der Waals surface area contributed by atoms with Crippen molar-refractivity contribution in [2.24, 2.45) is 0 Å². The molecule has 0 fully saturated rings. The van der Waals surface area contributed by atoms with Gasteiger partial charge in [-0.1, -0.05) is 18.2 Å². The van der Waals surface area contributed by atoms with E-state index in [4.69, 9.17) is 4.74 Å². The summed E-state index contributed by atoms with van der Waals surface area (Å²) >= 11 is 0. The van der Waals surface area contributed by atoms with Gasteiger partial charge >= 0.3 is 0 Å². The summed E-state index contributed by atoms with van der Waals surface area (Å²) in [7, 11) is -3.97. The molecule has 0 bridgehead atoms. The van der Waals surface area contributed by atoms with Crippen LogP contribution in [0.3, 0.4) is 0 Å². The molecule has 2 aromatic carbocycles. The Labute approximate surface area is 147 Å². The molecule has 134 valence electrons. The van der Waals surface area contributed by atoms with Gasteiger partial charge in [0.2, 0.25) is 0 Å². The van der Waals surface area contributed by atoms with Crippen molar-refractivity contribution in [3.63, 3.8) is 0 Å². The number of hydrogen-bond acceptors (Lipinski definition) is 5. The minimum absolute atomic E-state index is 0.127. The van der Waals surface area contributed by atoms with Gasteiger partial charge in [-0.3, -0.25) is 14.4 Å². The van der Waals surface area contributed by atoms with Crippen molar-refractivity contribution in [3.8, 4) is 5.75 Å². The molecule has 0 N–H and O–H groups in total. The third kappa shape index (κ3) is 3.74. The Morgan fingerprint density at radius 2 is 1.84 bits per heavy atom. The molecule has 0 heterocycles. The highest BCUT2D eigenvalue weighted by molar-refractivity contribution is 7.92. The zero-order valence-corrected chi connectivity index (χ0v) is 15.1. The van der Waals surface area contributed by atoms with E-state index in [0.29, 0.717) is 23.6 Å². The molecule has 2 rings (SSSR count). The number of anilines is 1. The van der Waals surface area contributed by atoms with Crippen LogP contribution in [0.25, 0.3) is 0 Å². The summed E-state index contributed by atoms with van der Waals surface area (Å²) in [5, 5.41) is 11.1. The number of ether oxygens (including phenoxy) is 1. The smallest absolute Gasteiger partial charge is 0.273 e. The predicted molar refractivity (Wildman–Crippen MR) is 95.7 cm³/mol. The SMILES string of the molecule is CCOc1ccccc1N(CC)S(=O)(=O)c1ccc(C)c([N+](=O)[O-])c1. The van der Waals surface area contributed by atoms with Crippen molar-refractivity contribution in [1.82, 2.24) is 0 Å². The fourth-order valence-corrected chi connectivity index (χ4v) is 3.99. The number of nitro benzene ring substituents is 1. The van der Waals surface area contributed by atoms with Crippen LogP contribution in [0, 0.1) is 17.0 Å². The Morgan fingerprint density at radius 3 is 2.44 bits per heavy atom. The molecule has 0 spiro atoms. The first-order valence-electron chi connectivity index (χ1n) is 7.82. The maximum atomic E-state index is 13.1. The van der Waals surface area contributed by atoms with E-state index in [-0.39, 0.29) is 17.1 Å². The summed E-state index contributed by atoms with van der Waals surface area (Å²) in [6.07, 6.45) is 0. The monoisotopic (exact) mass is 364 g/mol. The summed E-state index contributed by atoms with van der Waals surface area (Å²) in [5.41, 5.74) is 0.576. The van der Waals surface area contributed by atoms with Crippen molar-refractivity contribution in [2.45, 2.75) is 25.7 Å². The molecule has 8 heteroatoms. The highest BCUT2D eigenvalue weighted by Crippen LogP contribution is 2.33. The molecule has 0 radical (unpaired) electrons. The van der Waals surface area contributed by atoms with Crippen LogP contribution in [0.5, 0.6) is 5.75 Å². The molecule has 7 nitrogen and oxygen atoms in total. The first-order chi connectivity index (χ1) is 11.8. The molecule has 2 aromatic rings. The van der Waals surface area contributed by atoms with Crippen LogP contribution < -0.4 is 9.04 Å². The van der Waals surface area contributed by atoms with Gasteiger partial charge in [-0.25, -0.2) is 8.42 Å². The van der Waals surface area contributed by atoms with Gasteiger partial charge in [0.1, 0.15) is 5.75 Å². The van der Waals surface area contributed by atoms with Crippen molar-refractivity contribution in [2.75, 3.05) is 17.5 Å². The molecular formula is C17H20N2O5S.